The van der Waals surface area contributed by atoms with Crippen molar-refractivity contribution in [3.8, 4) is 5.75 Å². The minimum atomic E-state index is -4.07. The topological polar surface area (TPSA) is 114 Å². The maximum Gasteiger partial charge on any atom is 0.344 e. The van der Waals surface area contributed by atoms with Crippen molar-refractivity contribution >= 4 is 57.2 Å². The van der Waals surface area contributed by atoms with Gasteiger partial charge in [-0.1, -0.05) is 35.9 Å². The molecule has 0 aliphatic heterocycles. The second kappa shape index (κ2) is 14.6. The van der Waals surface area contributed by atoms with Gasteiger partial charge in [-0.3, -0.25) is 9.10 Å². The Balaban J connectivity index is 1.63. The third-order valence-electron chi connectivity index (χ3n) is 5.25. The van der Waals surface area contributed by atoms with Gasteiger partial charge in [0.1, 0.15) is 18.9 Å². The quantitative estimate of drug-likeness (QED) is 0.137. The summed E-state index contributed by atoms with van der Waals surface area (Å²) in [5.41, 5.74) is 4.02. The Kier molecular flexibility index (Phi) is 11.2. The fraction of sp³-hybridized carbons (Fsp3) is 0.222. The zero-order valence-electron chi connectivity index (χ0n) is 21.4. The van der Waals surface area contributed by atoms with E-state index < -0.39 is 28.4 Å². The minimum Gasteiger partial charge on any atom is -0.482 e. The van der Waals surface area contributed by atoms with Gasteiger partial charge in [-0.15, -0.1) is 0 Å². The summed E-state index contributed by atoms with van der Waals surface area (Å²) >= 11 is 7.82. The van der Waals surface area contributed by atoms with E-state index in [0.717, 1.165) is 15.6 Å². The first-order valence-corrected chi connectivity index (χ1v) is 14.9. The summed E-state index contributed by atoms with van der Waals surface area (Å²) in [7, 11) is -4.07. The molecule has 0 bridgehead atoms. The Bertz CT molecular complexity index is 1400. The summed E-state index contributed by atoms with van der Waals surface area (Å²) in [5.74, 6) is 0.0878. The number of aryl methyl sites for hydroxylation is 1. The predicted octanol–water partition coefficient (Wildman–Crippen LogP) is 4.28. The number of hydrazone groups is 1. The van der Waals surface area contributed by atoms with Crippen molar-refractivity contribution in [1.82, 2.24) is 5.43 Å². The fourth-order valence-electron chi connectivity index (χ4n) is 3.19. The van der Waals surface area contributed by atoms with Crippen molar-refractivity contribution in [1.29, 1.82) is 0 Å². The molecule has 9 nitrogen and oxygen atoms in total. The third-order valence-corrected chi connectivity index (χ3v) is 8.02. The van der Waals surface area contributed by atoms with Crippen LogP contribution in [0.25, 0.3) is 0 Å². The van der Waals surface area contributed by atoms with E-state index in [9.17, 15) is 18.0 Å². The van der Waals surface area contributed by atoms with E-state index in [1.54, 1.807) is 73.3 Å². The molecule has 0 aromatic heterocycles. The second-order valence-electron chi connectivity index (χ2n) is 8.12. The van der Waals surface area contributed by atoms with Gasteiger partial charge < -0.3 is 9.47 Å². The molecule has 0 saturated carbocycles. The first kappa shape index (κ1) is 30.0. The van der Waals surface area contributed by atoms with Crippen LogP contribution >= 0.6 is 23.4 Å². The van der Waals surface area contributed by atoms with E-state index in [2.05, 4.69) is 10.5 Å². The summed E-state index contributed by atoms with van der Waals surface area (Å²) < 4.78 is 38.2. The number of halogens is 1. The number of hydrogen-bond acceptors (Lipinski definition) is 8. The van der Waals surface area contributed by atoms with E-state index in [1.807, 2.05) is 6.26 Å². The lowest BCUT2D eigenvalue weighted by Crippen LogP contribution is -2.39. The van der Waals surface area contributed by atoms with Crippen molar-refractivity contribution in [2.24, 2.45) is 5.10 Å². The molecule has 0 spiro atoms. The molecule has 39 heavy (non-hydrogen) atoms. The van der Waals surface area contributed by atoms with E-state index in [0.29, 0.717) is 22.9 Å². The van der Waals surface area contributed by atoms with Crippen LogP contribution in [0.15, 0.2) is 82.8 Å². The number of rotatable bonds is 13. The number of hydrogen-bond donors (Lipinski definition) is 1. The molecule has 0 fully saturated rings. The van der Waals surface area contributed by atoms with Crippen LogP contribution in [-0.2, 0) is 24.3 Å². The van der Waals surface area contributed by atoms with Crippen molar-refractivity contribution < 1.29 is 27.5 Å². The van der Waals surface area contributed by atoms with Gasteiger partial charge in [-0.2, -0.15) is 16.9 Å². The lowest BCUT2D eigenvalue weighted by molar-refractivity contribution is -0.145. The smallest absolute Gasteiger partial charge is 0.344 e. The largest absolute Gasteiger partial charge is 0.482 e. The molecular weight excluding hydrogens is 562 g/mol. The summed E-state index contributed by atoms with van der Waals surface area (Å²) in [5, 5.41) is 4.31. The number of nitrogens with zero attached hydrogens (tertiary/aromatic N) is 2. The van der Waals surface area contributed by atoms with Gasteiger partial charge in [0.15, 0.2) is 6.61 Å². The number of sulfonamides is 1. The summed E-state index contributed by atoms with van der Waals surface area (Å²) in [6, 6.07) is 19.3. The van der Waals surface area contributed by atoms with E-state index in [-0.39, 0.29) is 17.2 Å². The molecule has 12 heteroatoms. The number of carbonyl (C=O) groups excluding carboxylic acids is 2. The lowest BCUT2D eigenvalue weighted by Gasteiger charge is -2.24. The molecule has 0 atom stereocenters. The van der Waals surface area contributed by atoms with Gasteiger partial charge in [-0.05, 0) is 72.8 Å². The maximum absolute atomic E-state index is 13.4. The van der Waals surface area contributed by atoms with Crippen LogP contribution in [0.3, 0.4) is 0 Å². The van der Waals surface area contributed by atoms with Crippen LogP contribution in [0.4, 0.5) is 5.69 Å². The molecule has 0 unspecified atom stereocenters. The summed E-state index contributed by atoms with van der Waals surface area (Å²) in [4.78, 5) is 24.4. The lowest BCUT2D eigenvalue weighted by atomic mass is 10.2. The number of esters is 1. The number of amides is 1. The summed E-state index contributed by atoms with van der Waals surface area (Å²) in [6.07, 6.45) is 3.32. The normalized spacial score (nSPS) is 11.3. The average molecular weight is 590 g/mol. The highest BCUT2D eigenvalue weighted by Crippen LogP contribution is 2.28. The Morgan fingerprint density at radius 3 is 2.46 bits per heavy atom. The van der Waals surface area contributed by atoms with Gasteiger partial charge in [0, 0.05) is 10.8 Å². The first-order valence-electron chi connectivity index (χ1n) is 11.7. The number of carbonyl (C=O) groups is 2. The van der Waals surface area contributed by atoms with Gasteiger partial charge in [0.2, 0.25) is 0 Å². The molecule has 3 aromatic carbocycles. The SMILES string of the molecule is CSCCOC(=O)COc1ccc(/C=N/NC(=O)CN(c2ccc(C)c(Cl)c2)S(=O)(=O)c2ccccc2)cc1. The highest BCUT2D eigenvalue weighted by atomic mass is 35.5. The van der Waals surface area contributed by atoms with E-state index in [1.165, 1.54) is 24.4 Å². The zero-order chi connectivity index (χ0) is 28.3. The van der Waals surface area contributed by atoms with E-state index >= 15 is 0 Å². The molecule has 0 aliphatic rings. The molecule has 0 radical (unpaired) electrons. The van der Waals surface area contributed by atoms with Gasteiger partial charge >= 0.3 is 5.97 Å². The summed E-state index contributed by atoms with van der Waals surface area (Å²) in [6.45, 7) is 1.41. The van der Waals surface area contributed by atoms with Crippen LogP contribution in [0.1, 0.15) is 11.1 Å². The maximum atomic E-state index is 13.4. The molecule has 0 heterocycles. The van der Waals surface area contributed by atoms with Crippen LogP contribution in [0.2, 0.25) is 5.02 Å². The molecule has 0 aliphatic carbocycles. The van der Waals surface area contributed by atoms with Crippen LogP contribution < -0.4 is 14.5 Å². The highest BCUT2D eigenvalue weighted by molar-refractivity contribution is 7.98. The number of nitrogens with one attached hydrogen (secondary N) is 1. The van der Waals surface area contributed by atoms with Crippen LogP contribution in [-0.4, -0.2) is 58.3 Å². The highest BCUT2D eigenvalue weighted by Gasteiger charge is 2.27. The number of ether oxygens (including phenoxy) is 2. The van der Waals surface area contributed by atoms with Gasteiger partial charge in [0.05, 0.1) is 16.8 Å². The van der Waals surface area contributed by atoms with Crippen molar-refractivity contribution in [3.63, 3.8) is 0 Å². The van der Waals surface area contributed by atoms with Gasteiger partial charge in [-0.25, -0.2) is 18.6 Å². The molecule has 206 valence electrons. The molecule has 0 saturated heterocycles. The average Bonchev–Trinajstić information content (AvgIpc) is 2.93. The predicted molar refractivity (Wildman–Crippen MR) is 154 cm³/mol. The molecule has 1 N–H and O–H groups in total. The van der Waals surface area contributed by atoms with Crippen LogP contribution in [0, 0.1) is 6.92 Å². The standard InChI is InChI=1S/C27H28ClN3O6S2/c1-20-8-11-22(16-25(20)28)31(39(34,35)24-6-4-3-5-7-24)18-26(32)30-29-17-21-9-12-23(13-10-21)37-19-27(33)36-14-15-38-2/h3-13,16-17H,14-15,18-19H2,1-2H3,(H,30,32)/b29-17+. The first-order chi connectivity index (χ1) is 18.7. The van der Waals surface area contributed by atoms with E-state index in [4.69, 9.17) is 21.1 Å². The molecule has 3 aromatic rings. The Hall–Kier alpha value is -3.54. The molecular formula is C27H28ClN3O6S2. The third kappa shape index (κ3) is 9.02. The minimum absolute atomic E-state index is 0.0357. The fourth-order valence-corrected chi connectivity index (χ4v) is 5.05. The number of thioether (sulfide) groups is 1. The zero-order valence-corrected chi connectivity index (χ0v) is 23.8. The number of benzene rings is 3. The Labute approximate surface area is 237 Å². The molecule has 3 rings (SSSR count). The molecule has 1 amide bonds. The van der Waals surface area contributed by atoms with Crippen LogP contribution in [0.5, 0.6) is 5.75 Å². The van der Waals surface area contributed by atoms with Crippen molar-refractivity contribution in [2.75, 3.05) is 36.1 Å². The number of anilines is 1. The Morgan fingerprint density at radius 1 is 1.08 bits per heavy atom. The van der Waals surface area contributed by atoms with Gasteiger partial charge in [0.25, 0.3) is 15.9 Å². The Morgan fingerprint density at radius 2 is 1.79 bits per heavy atom. The monoisotopic (exact) mass is 589 g/mol. The second-order valence-corrected chi connectivity index (χ2v) is 11.4. The van der Waals surface area contributed by atoms with Crippen molar-refractivity contribution in [2.45, 2.75) is 11.8 Å². The van der Waals surface area contributed by atoms with Crippen molar-refractivity contribution in [3.05, 3.63) is 88.9 Å².